The fourth-order valence-corrected chi connectivity index (χ4v) is 5.26. The largest absolute Gasteiger partial charge is 0.464 e. The summed E-state index contributed by atoms with van der Waals surface area (Å²) in [4.78, 5) is 45.7. The van der Waals surface area contributed by atoms with Gasteiger partial charge in [0.05, 0.1) is 13.2 Å². The van der Waals surface area contributed by atoms with E-state index in [0.29, 0.717) is 5.01 Å². The van der Waals surface area contributed by atoms with Crippen LogP contribution in [-0.2, 0) is 27.2 Å². The zero-order chi connectivity index (χ0) is 28.6. The molecule has 0 aliphatic rings. The minimum absolute atomic E-state index is 0.0480. The van der Waals surface area contributed by atoms with Gasteiger partial charge >= 0.3 is 12.1 Å². The summed E-state index contributed by atoms with van der Waals surface area (Å²) in [5, 5.41) is 5.08. The highest BCUT2D eigenvalue weighted by Crippen LogP contribution is 2.33. The topological polar surface area (TPSA) is 97.8 Å². The summed E-state index contributed by atoms with van der Waals surface area (Å²) in [5.41, 5.74) is 1.30. The number of thiazole rings is 1. The van der Waals surface area contributed by atoms with Gasteiger partial charge in [-0.25, -0.2) is 14.6 Å². The van der Waals surface area contributed by atoms with E-state index in [1.807, 2.05) is 74.5 Å². The smallest absolute Gasteiger partial charge is 0.408 e. The molecule has 0 saturated carbocycles. The summed E-state index contributed by atoms with van der Waals surface area (Å²) in [6.07, 6.45) is -0.389. The van der Waals surface area contributed by atoms with Crippen molar-refractivity contribution < 1.29 is 23.9 Å². The van der Waals surface area contributed by atoms with Crippen molar-refractivity contribution in [2.24, 2.45) is 5.92 Å². The van der Waals surface area contributed by atoms with Crippen molar-refractivity contribution in [1.29, 1.82) is 0 Å². The highest BCUT2D eigenvalue weighted by atomic mass is 32.1. The van der Waals surface area contributed by atoms with Gasteiger partial charge < -0.3 is 19.7 Å². The second kappa shape index (κ2) is 13.4. The molecule has 2 atom stereocenters. The van der Waals surface area contributed by atoms with E-state index in [0.717, 1.165) is 11.1 Å². The Morgan fingerprint density at radius 3 is 2.10 bits per heavy atom. The maximum atomic E-state index is 14.4. The predicted octanol–water partition coefficient (Wildman–Crippen LogP) is 5.79. The Morgan fingerprint density at radius 2 is 1.56 bits per heavy atom. The molecule has 9 heteroatoms. The molecule has 1 aromatic heterocycles. The van der Waals surface area contributed by atoms with Crippen molar-refractivity contribution in [3.8, 4) is 0 Å². The molecule has 3 aromatic rings. The number of aromatic nitrogens is 1. The summed E-state index contributed by atoms with van der Waals surface area (Å²) < 4.78 is 10.4. The van der Waals surface area contributed by atoms with Crippen LogP contribution in [0.4, 0.5) is 4.79 Å². The van der Waals surface area contributed by atoms with Crippen LogP contribution < -0.4 is 5.32 Å². The molecule has 2 amide bonds. The summed E-state index contributed by atoms with van der Waals surface area (Å²) in [6, 6.07) is 17.8. The molecule has 1 N–H and O–H groups in total. The Balaban J connectivity index is 2.04. The fraction of sp³-hybridized carbons (Fsp3) is 0.400. The van der Waals surface area contributed by atoms with Crippen molar-refractivity contribution in [2.75, 3.05) is 7.11 Å². The zero-order valence-electron chi connectivity index (χ0n) is 23.3. The Labute approximate surface area is 234 Å². The standard InChI is InChI=1S/C30H37N3O5S/c1-20(2)25(26-31-24(19-39-26)28(35)37-6)33(18-22-15-11-8-12-16-22)27(34)23(17-21-13-9-7-10-14-21)32-29(36)38-30(3,4)5/h7-16,19-20,23,25H,17-18H2,1-6H3,(H,32,36). The molecule has 0 radical (unpaired) electrons. The summed E-state index contributed by atoms with van der Waals surface area (Å²) in [5.74, 6) is -0.857. The molecule has 8 nitrogen and oxygen atoms in total. The Morgan fingerprint density at radius 1 is 0.974 bits per heavy atom. The second-order valence-corrected chi connectivity index (χ2v) is 11.5. The first kappa shape index (κ1) is 29.8. The van der Waals surface area contributed by atoms with Gasteiger partial charge in [-0.2, -0.15) is 0 Å². The monoisotopic (exact) mass is 551 g/mol. The summed E-state index contributed by atoms with van der Waals surface area (Å²) in [6.45, 7) is 9.62. The van der Waals surface area contributed by atoms with Crippen molar-refractivity contribution in [2.45, 2.75) is 65.3 Å². The minimum atomic E-state index is -0.896. The quantitative estimate of drug-likeness (QED) is 0.320. The molecular formula is C30H37N3O5S. The van der Waals surface area contributed by atoms with Crippen molar-refractivity contribution in [1.82, 2.24) is 15.2 Å². The number of carbonyl (C=O) groups excluding carboxylic acids is 3. The van der Waals surface area contributed by atoms with Gasteiger partial charge in [0.2, 0.25) is 5.91 Å². The number of benzene rings is 2. The lowest BCUT2D eigenvalue weighted by molar-refractivity contribution is -0.138. The molecule has 0 fully saturated rings. The average molecular weight is 552 g/mol. The van der Waals surface area contributed by atoms with E-state index >= 15 is 0 Å². The van der Waals surface area contributed by atoms with Crippen LogP contribution in [0.25, 0.3) is 0 Å². The minimum Gasteiger partial charge on any atom is -0.464 e. The highest BCUT2D eigenvalue weighted by molar-refractivity contribution is 7.09. The first-order chi connectivity index (χ1) is 18.5. The Bertz CT molecular complexity index is 1240. The van der Waals surface area contributed by atoms with Crippen LogP contribution in [0.15, 0.2) is 66.0 Å². The van der Waals surface area contributed by atoms with Gasteiger partial charge in [-0.3, -0.25) is 4.79 Å². The number of carbonyl (C=O) groups is 3. The van der Waals surface area contributed by atoms with E-state index in [1.54, 1.807) is 31.1 Å². The van der Waals surface area contributed by atoms with E-state index in [9.17, 15) is 14.4 Å². The lowest BCUT2D eigenvalue weighted by Gasteiger charge is -2.36. The fourth-order valence-electron chi connectivity index (χ4n) is 4.19. The van der Waals surface area contributed by atoms with Gasteiger partial charge in [0, 0.05) is 18.3 Å². The third-order valence-corrected chi connectivity index (χ3v) is 6.80. The number of amides is 2. The van der Waals surface area contributed by atoms with Crippen LogP contribution in [0, 0.1) is 5.92 Å². The molecule has 0 bridgehead atoms. The van der Waals surface area contributed by atoms with Gasteiger partial charge in [0.25, 0.3) is 0 Å². The predicted molar refractivity (Wildman–Crippen MR) is 151 cm³/mol. The van der Waals surface area contributed by atoms with Crippen LogP contribution >= 0.6 is 11.3 Å². The maximum absolute atomic E-state index is 14.4. The SMILES string of the molecule is COC(=O)c1csc(C(C(C)C)N(Cc2ccccc2)C(=O)C(Cc2ccccc2)NC(=O)OC(C)(C)C)n1. The average Bonchev–Trinajstić information content (AvgIpc) is 3.36. The molecule has 0 aliphatic carbocycles. The Kier molecular flexibility index (Phi) is 10.2. The van der Waals surface area contributed by atoms with Gasteiger partial charge in [-0.1, -0.05) is 74.5 Å². The van der Waals surface area contributed by atoms with E-state index in [2.05, 4.69) is 10.3 Å². The van der Waals surface area contributed by atoms with Crippen molar-refractivity contribution in [3.05, 3.63) is 87.9 Å². The zero-order valence-corrected chi connectivity index (χ0v) is 24.2. The van der Waals surface area contributed by atoms with E-state index in [4.69, 9.17) is 9.47 Å². The molecule has 1 heterocycles. The number of alkyl carbamates (subject to hydrolysis) is 1. The molecule has 39 heavy (non-hydrogen) atoms. The van der Waals surface area contributed by atoms with Gasteiger partial charge in [-0.15, -0.1) is 11.3 Å². The van der Waals surface area contributed by atoms with Crippen LogP contribution in [0.1, 0.15) is 67.3 Å². The first-order valence-electron chi connectivity index (χ1n) is 12.9. The lowest BCUT2D eigenvalue weighted by Crippen LogP contribution is -2.52. The summed E-state index contributed by atoms with van der Waals surface area (Å²) >= 11 is 1.31. The van der Waals surface area contributed by atoms with Gasteiger partial charge in [-0.05, 0) is 37.8 Å². The molecular weight excluding hydrogens is 514 g/mol. The van der Waals surface area contributed by atoms with Gasteiger partial charge in [0.1, 0.15) is 16.7 Å². The van der Waals surface area contributed by atoms with Crippen molar-refractivity contribution >= 4 is 29.3 Å². The third-order valence-electron chi connectivity index (χ3n) is 5.89. The number of rotatable bonds is 10. The second-order valence-electron chi connectivity index (χ2n) is 10.6. The van der Waals surface area contributed by atoms with Crippen LogP contribution in [0.2, 0.25) is 0 Å². The molecule has 0 saturated heterocycles. The molecule has 0 spiro atoms. The van der Waals surface area contributed by atoms with E-state index < -0.39 is 29.7 Å². The van der Waals surface area contributed by atoms with Crippen molar-refractivity contribution in [3.63, 3.8) is 0 Å². The van der Waals surface area contributed by atoms with Gasteiger partial charge in [0.15, 0.2) is 5.69 Å². The molecule has 208 valence electrons. The van der Waals surface area contributed by atoms with Crippen LogP contribution in [-0.4, -0.2) is 46.6 Å². The first-order valence-corrected chi connectivity index (χ1v) is 13.8. The van der Waals surface area contributed by atoms with Crippen LogP contribution in [0.5, 0.6) is 0 Å². The normalized spacial score (nSPS) is 12.9. The number of hydrogen-bond donors (Lipinski definition) is 1. The number of ether oxygens (including phenoxy) is 2. The molecule has 2 aromatic carbocycles. The third kappa shape index (κ3) is 8.64. The maximum Gasteiger partial charge on any atom is 0.408 e. The highest BCUT2D eigenvalue weighted by Gasteiger charge is 2.36. The molecule has 0 aliphatic heterocycles. The number of hydrogen-bond acceptors (Lipinski definition) is 7. The lowest BCUT2D eigenvalue weighted by atomic mass is 9.98. The summed E-state index contributed by atoms with van der Waals surface area (Å²) in [7, 11) is 1.31. The number of methoxy groups -OCH3 is 1. The van der Waals surface area contributed by atoms with E-state index in [1.165, 1.54) is 18.4 Å². The Hall–Kier alpha value is -3.72. The van der Waals surface area contributed by atoms with Crippen LogP contribution in [0.3, 0.4) is 0 Å². The van der Waals surface area contributed by atoms with E-state index in [-0.39, 0.29) is 30.5 Å². The molecule has 3 rings (SSSR count). The number of nitrogens with zero attached hydrogens (tertiary/aromatic N) is 2. The molecule has 2 unspecified atom stereocenters. The number of nitrogens with one attached hydrogen (secondary N) is 1. The number of esters is 1.